The Morgan fingerprint density at radius 3 is 2.33 bits per heavy atom. The lowest BCUT2D eigenvalue weighted by molar-refractivity contribution is 0.0961. The van der Waals surface area contributed by atoms with E-state index >= 15 is 0 Å². The summed E-state index contributed by atoms with van der Waals surface area (Å²) in [7, 11) is 1.56. The molecule has 0 saturated carbocycles. The van der Waals surface area contributed by atoms with E-state index in [0.29, 0.717) is 16.8 Å². The number of rotatable bonds is 5. The van der Waals surface area contributed by atoms with Crippen LogP contribution in [-0.4, -0.2) is 24.8 Å². The first-order chi connectivity index (χ1) is 12.6. The lowest BCUT2D eigenvalue weighted by Crippen LogP contribution is -2.43. The molecule has 0 atom stereocenters. The number of nitrogens with one attached hydrogen (secondary N) is 3. The quantitative estimate of drug-likeness (QED) is 0.706. The van der Waals surface area contributed by atoms with Gasteiger partial charge in [-0.25, -0.2) is 4.79 Å². The molecule has 0 aliphatic heterocycles. The average molecular weight is 367 g/mol. The van der Waals surface area contributed by atoms with Gasteiger partial charge in [-0.05, 0) is 57.0 Å². The largest absolute Gasteiger partial charge is 0.355 e. The molecule has 2 aromatic carbocycles. The van der Waals surface area contributed by atoms with Crippen LogP contribution in [-0.2, 0) is 5.54 Å². The summed E-state index contributed by atoms with van der Waals surface area (Å²) in [4.78, 5) is 36.0. The van der Waals surface area contributed by atoms with Gasteiger partial charge in [-0.2, -0.15) is 0 Å². The number of amides is 3. The Bertz CT molecular complexity index is 888. The van der Waals surface area contributed by atoms with Crippen LogP contribution < -0.4 is 16.0 Å². The first-order valence-electron chi connectivity index (χ1n) is 8.67. The first-order valence-corrected chi connectivity index (χ1v) is 8.67. The summed E-state index contributed by atoms with van der Waals surface area (Å²) in [5.41, 5.74) is 2.57. The van der Waals surface area contributed by atoms with Crippen molar-refractivity contribution in [2.45, 2.75) is 33.2 Å². The van der Waals surface area contributed by atoms with Gasteiger partial charge in [-0.15, -0.1) is 0 Å². The smallest absolute Gasteiger partial charge is 0.319 e. The Morgan fingerprint density at radius 2 is 1.70 bits per heavy atom. The fourth-order valence-corrected chi connectivity index (χ4v) is 2.72. The third kappa shape index (κ3) is 4.94. The zero-order chi connectivity index (χ0) is 20.2. The maximum absolute atomic E-state index is 12.5. The molecule has 2 aromatic rings. The Labute approximate surface area is 159 Å². The lowest BCUT2D eigenvalue weighted by atomic mass is 9.92. The zero-order valence-electron chi connectivity index (χ0n) is 16.3. The molecule has 6 heteroatoms. The molecular weight excluding hydrogens is 342 g/mol. The number of carbonyl (C=O) groups is 3. The van der Waals surface area contributed by atoms with Crippen molar-refractivity contribution >= 4 is 23.4 Å². The SMILES string of the molecule is CNC(=O)c1cc(NC(=O)NC(C)(C)c2cccc(C(C)=O)c2)ccc1C. The van der Waals surface area contributed by atoms with Gasteiger partial charge < -0.3 is 16.0 Å². The number of hydrogen-bond acceptors (Lipinski definition) is 3. The number of carbonyl (C=O) groups excluding carboxylic acids is 3. The minimum atomic E-state index is -0.691. The number of hydrogen-bond donors (Lipinski definition) is 3. The molecule has 0 aromatic heterocycles. The molecule has 0 aliphatic rings. The van der Waals surface area contributed by atoms with Gasteiger partial charge in [0, 0.05) is 23.9 Å². The molecule has 0 aliphatic carbocycles. The topological polar surface area (TPSA) is 87.3 Å². The van der Waals surface area contributed by atoms with Crippen molar-refractivity contribution in [3.8, 4) is 0 Å². The van der Waals surface area contributed by atoms with Gasteiger partial charge in [0.25, 0.3) is 5.91 Å². The second-order valence-corrected chi connectivity index (χ2v) is 6.95. The summed E-state index contributed by atoms with van der Waals surface area (Å²) < 4.78 is 0. The predicted octanol–water partition coefficient (Wildman–Crippen LogP) is 3.61. The van der Waals surface area contributed by atoms with E-state index in [0.717, 1.165) is 11.1 Å². The maximum Gasteiger partial charge on any atom is 0.319 e. The van der Waals surface area contributed by atoms with Crippen LogP contribution in [0.1, 0.15) is 52.6 Å². The van der Waals surface area contributed by atoms with Crippen molar-refractivity contribution < 1.29 is 14.4 Å². The first kappa shape index (κ1) is 20.2. The molecule has 3 amide bonds. The highest BCUT2D eigenvalue weighted by Crippen LogP contribution is 2.22. The van der Waals surface area contributed by atoms with Crippen molar-refractivity contribution in [3.63, 3.8) is 0 Å². The number of urea groups is 1. The van der Waals surface area contributed by atoms with E-state index < -0.39 is 11.6 Å². The minimum Gasteiger partial charge on any atom is -0.355 e. The molecule has 3 N–H and O–H groups in total. The average Bonchev–Trinajstić information content (AvgIpc) is 2.62. The predicted molar refractivity (Wildman–Crippen MR) is 106 cm³/mol. The van der Waals surface area contributed by atoms with Crippen molar-refractivity contribution in [2.75, 3.05) is 12.4 Å². The van der Waals surface area contributed by atoms with Crippen molar-refractivity contribution in [2.24, 2.45) is 0 Å². The standard InChI is InChI=1S/C21H25N3O3/c1-13-9-10-17(12-18(13)19(26)22-5)23-20(27)24-21(3,4)16-8-6-7-15(11-16)14(2)25/h6-12H,1-5H3,(H,22,26)(H2,23,24,27). The van der Waals surface area contributed by atoms with E-state index in [9.17, 15) is 14.4 Å². The van der Waals surface area contributed by atoms with E-state index in [4.69, 9.17) is 0 Å². The van der Waals surface area contributed by atoms with Crippen LogP contribution in [0.4, 0.5) is 10.5 Å². The minimum absolute atomic E-state index is 0.0292. The van der Waals surface area contributed by atoms with Crippen molar-refractivity contribution in [1.82, 2.24) is 10.6 Å². The van der Waals surface area contributed by atoms with E-state index in [-0.39, 0.29) is 11.7 Å². The molecule has 0 fully saturated rings. The Morgan fingerprint density at radius 1 is 1.00 bits per heavy atom. The Kier molecular flexibility index (Phi) is 6.00. The van der Waals surface area contributed by atoms with Gasteiger partial charge in [0.05, 0.1) is 5.54 Å². The molecule has 0 saturated heterocycles. The van der Waals surface area contributed by atoms with Gasteiger partial charge in [0.2, 0.25) is 0 Å². The van der Waals surface area contributed by atoms with Gasteiger partial charge in [-0.3, -0.25) is 9.59 Å². The van der Waals surface area contributed by atoms with Gasteiger partial charge in [0.15, 0.2) is 5.78 Å². The highest BCUT2D eigenvalue weighted by molar-refractivity contribution is 5.98. The van der Waals surface area contributed by atoms with Crippen LogP contribution in [0.2, 0.25) is 0 Å². The van der Waals surface area contributed by atoms with Crippen molar-refractivity contribution in [3.05, 3.63) is 64.7 Å². The summed E-state index contributed by atoms with van der Waals surface area (Å²) in [6, 6.07) is 11.9. The third-order valence-corrected chi connectivity index (χ3v) is 4.38. The van der Waals surface area contributed by atoms with Crippen molar-refractivity contribution in [1.29, 1.82) is 0 Å². The van der Waals surface area contributed by atoms with Gasteiger partial charge >= 0.3 is 6.03 Å². The monoisotopic (exact) mass is 367 g/mol. The maximum atomic E-state index is 12.5. The summed E-state index contributed by atoms with van der Waals surface area (Å²) in [5.74, 6) is -0.239. The molecule has 0 heterocycles. The van der Waals surface area contributed by atoms with Crippen LogP contribution in [0.15, 0.2) is 42.5 Å². The van der Waals surface area contributed by atoms with Crippen LogP contribution >= 0.6 is 0 Å². The Balaban J connectivity index is 2.16. The number of Topliss-reactive ketones (excluding diaryl/α,β-unsaturated/α-hetero) is 1. The second-order valence-electron chi connectivity index (χ2n) is 6.95. The van der Waals surface area contributed by atoms with Gasteiger partial charge in [0.1, 0.15) is 0 Å². The summed E-state index contributed by atoms with van der Waals surface area (Å²) in [6.07, 6.45) is 0. The van der Waals surface area contributed by atoms with Gasteiger partial charge in [-0.1, -0.05) is 24.3 Å². The fraction of sp³-hybridized carbons (Fsp3) is 0.286. The van der Waals surface area contributed by atoms with Crippen LogP contribution in [0.5, 0.6) is 0 Å². The van der Waals surface area contributed by atoms with Crippen LogP contribution in [0.3, 0.4) is 0 Å². The van der Waals surface area contributed by atoms with Crippen LogP contribution in [0, 0.1) is 6.92 Å². The second kappa shape index (κ2) is 8.03. The molecule has 142 valence electrons. The molecule has 2 rings (SSSR count). The number of aryl methyl sites for hydroxylation is 1. The number of benzene rings is 2. The fourth-order valence-electron chi connectivity index (χ4n) is 2.72. The molecular formula is C21H25N3O3. The molecule has 0 unspecified atom stereocenters. The molecule has 6 nitrogen and oxygen atoms in total. The molecule has 0 bridgehead atoms. The summed E-state index contributed by atoms with van der Waals surface area (Å²) >= 11 is 0. The summed E-state index contributed by atoms with van der Waals surface area (Å²) in [5, 5.41) is 8.24. The highest BCUT2D eigenvalue weighted by Gasteiger charge is 2.23. The summed E-state index contributed by atoms with van der Waals surface area (Å²) in [6.45, 7) is 7.06. The number of ketones is 1. The molecule has 27 heavy (non-hydrogen) atoms. The van der Waals surface area contributed by atoms with E-state index in [1.165, 1.54) is 6.92 Å². The highest BCUT2D eigenvalue weighted by atomic mass is 16.2. The lowest BCUT2D eigenvalue weighted by Gasteiger charge is -2.27. The Hall–Kier alpha value is -3.15. The van der Waals surface area contributed by atoms with Crippen LogP contribution in [0.25, 0.3) is 0 Å². The molecule has 0 spiro atoms. The zero-order valence-corrected chi connectivity index (χ0v) is 16.3. The van der Waals surface area contributed by atoms with E-state index in [1.54, 1.807) is 43.4 Å². The van der Waals surface area contributed by atoms with E-state index in [1.807, 2.05) is 26.8 Å². The normalized spacial score (nSPS) is 10.9. The third-order valence-electron chi connectivity index (χ3n) is 4.38. The number of anilines is 1. The molecule has 0 radical (unpaired) electrons. The van der Waals surface area contributed by atoms with E-state index in [2.05, 4.69) is 16.0 Å².